The molecule has 5 rings (SSSR count). The van der Waals surface area contributed by atoms with Crippen LogP contribution < -0.4 is 19.8 Å². The SMILES string of the molecule is COC(=O)c1c(OC[C@H]2C[C@H](OCc3ccccc3)CN2C(=O)OC(C)(C)C)cc(C)c(F)c1O[C@H](C)CO[Si](c1ccccc1)(c1ccccc1)C(C)(C)C. The summed E-state index contributed by atoms with van der Waals surface area (Å²) in [6.45, 7) is 16.1. The van der Waals surface area contributed by atoms with Crippen LogP contribution in [0.25, 0.3) is 0 Å². The minimum Gasteiger partial charge on any atom is -0.490 e. The van der Waals surface area contributed by atoms with Crippen molar-refractivity contribution in [1.82, 2.24) is 4.90 Å². The number of esters is 1. The number of likely N-dealkylation sites (tertiary alicyclic amines) is 1. The molecule has 300 valence electrons. The normalized spacial score (nSPS) is 16.6. The molecular weight excluding hydrogens is 730 g/mol. The Balaban J connectivity index is 1.40. The zero-order valence-corrected chi connectivity index (χ0v) is 35.1. The molecule has 4 aromatic rings. The zero-order chi connectivity index (χ0) is 40.7. The molecule has 1 aliphatic heterocycles. The Morgan fingerprint density at radius 2 is 1.46 bits per heavy atom. The van der Waals surface area contributed by atoms with E-state index in [4.69, 9.17) is 28.1 Å². The summed E-state index contributed by atoms with van der Waals surface area (Å²) >= 11 is 0. The van der Waals surface area contributed by atoms with Crippen molar-refractivity contribution in [3.05, 3.63) is 120 Å². The molecule has 0 unspecified atom stereocenters. The van der Waals surface area contributed by atoms with Gasteiger partial charge >= 0.3 is 12.1 Å². The summed E-state index contributed by atoms with van der Waals surface area (Å²) in [7, 11) is -1.72. The fraction of sp³-hybridized carbons (Fsp3) is 0.422. The van der Waals surface area contributed by atoms with Gasteiger partial charge in [0.1, 0.15) is 29.6 Å². The van der Waals surface area contributed by atoms with Gasteiger partial charge in [0.25, 0.3) is 8.32 Å². The fourth-order valence-electron chi connectivity index (χ4n) is 7.16. The van der Waals surface area contributed by atoms with Gasteiger partial charge in [0.05, 0.1) is 39.0 Å². The maximum atomic E-state index is 16.1. The summed E-state index contributed by atoms with van der Waals surface area (Å²) in [5, 5.41) is 1.90. The van der Waals surface area contributed by atoms with Crippen LogP contribution in [-0.4, -0.2) is 76.0 Å². The van der Waals surface area contributed by atoms with Crippen LogP contribution in [0, 0.1) is 12.7 Å². The van der Waals surface area contributed by atoms with Crippen LogP contribution in [0.1, 0.15) is 76.4 Å². The third-order valence-corrected chi connectivity index (χ3v) is 14.8. The number of carbonyl (C=O) groups is 2. The smallest absolute Gasteiger partial charge is 0.410 e. The first-order valence-electron chi connectivity index (χ1n) is 19.1. The van der Waals surface area contributed by atoms with Gasteiger partial charge < -0.3 is 28.1 Å². The molecule has 0 N–H and O–H groups in total. The number of methoxy groups -OCH3 is 1. The van der Waals surface area contributed by atoms with Crippen molar-refractivity contribution < 1.29 is 42.1 Å². The van der Waals surface area contributed by atoms with Crippen molar-refractivity contribution in [3.63, 3.8) is 0 Å². The lowest BCUT2D eigenvalue weighted by molar-refractivity contribution is 0.0126. The Labute approximate surface area is 332 Å². The van der Waals surface area contributed by atoms with Crippen LogP contribution in [0.3, 0.4) is 0 Å². The van der Waals surface area contributed by atoms with Crippen LogP contribution in [0.4, 0.5) is 9.18 Å². The number of halogens is 1. The van der Waals surface area contributed by atoms with Gasteiger partial charge in [0.15, 0.2) is 11.6 Å². The maximum Gasteiger partial charge on any atom is 0.410 e. The fourth-order valence-corrected chi connectivity index (χ4v) is 11.8. The molecule has 1 saturated heterocycles. The van der Waals surface area contributed by atoms with Gasteiger partial charge in [-0.3, -0.25) is 4.90 Å². The molecule has 11 heteroatoms. The van der Waals surface area contributed by atoms with Gasteiger partial charge in [-0.1, -0.05) is 112 Å². The molecule has 3 atom stereocenters. The van der Waals surface area contributed by atoms with Gasteiger partial charge in [-0.15, -0.1) is 0 Å². The van der Waals surface area contributed by atoms with Crippen molar-refractivity contribution in [2.45, 2.75) is 97.3 Å². The Morgan fingerprint density at radius 1 is 0.893 bits per heavy atom. The number of nitrogens with zero attached hydrogens (tertiary/aromatic N) is 1. The van der Waals surface area contributed by atoms with E-state index in [1.54, 1.807) is 18.7 Å². The lowest BCUT2D eigenvalue weighted by Gasteiger charge is -2.43. The molecule has 0 aliphatic carbocycles. The molecule has 1 aliphatic rings. The van der Waals surface area contributed by atoms with Crippen molar-refractivity contribution in [2.24, 2.45) is 0 Å². The molecule has 0 radical (unpaired) electrons. The van der Waals surface area contributed by atoms with Crippen molar-refractivity contribution in [2.75, 3.05) is 26.9 Å². The molecule has 0 aromatic heterocycles. The highest BCUT2D eigenvalue weighted by molar-refractivity contribution is 6.99. The minimum atomic E-state index is -2.94. The lowest BCUT2D eigenvalue weighted by Crippen LogP contribution is -2.67. The summed E-state index contributed by atoms with van der Waals surface area (Å²) in [5.41, 5.74) is 0.315. The molecule has 0 spiro atoms. The predicted molar refractivity (Wildman–Crippen MR) is 218 cm³/mol. The van der Waals surface area contributed by atoms with E-state index in [9.17, 15) is 9.59 Å². The van der Waals surface area contributed by atoms with Gasteiger partial charge in [-0.05, 0) is 73.6 Å². The summed E-state index contributed by atoms with van der Waals surface area (Å²) in [5.74, 6) is -1.75. The number of rotatable bonds is 14. The Hall–Kier alpha value is -4.71. The lowest BCUT2D eigenvalue weighted by atomic mass is 10.1. The number of benzene rings is 4. The summed E-state index contributed by atoms with van der Waals surface area (Å²) in [4.78, 5) is 28.4. The number of carbonyl (C=O) groups excluding carboxylic acids is 2. The van der Waals surface area contributed by atoms with E-state index in [0.717, 1.165) is 15.9 Å². The first-order valence-corrected chi connectivity index (χ1v) is 21.1. The van der Waals surface area contributed by atoms with Gasteiger partial charge in [0.2, 0.25) is 0 Å². The second kappa shape index (κ2) is 18.0. The number of amides is 1. The van der Waals surface area contributed by atoms with Gasteiger partial charge in [-0.2, -0.15) is 0 Å². The molecule has 56 heavy (non-hydrogen) atoms. The van der Waals surface area contributed by atoms with E-state index in [1.807, 2.05) is 87.5 Å². The largest absolute Gasteiger partial charge is 0.490 e. The first kappa shape index (κ1) is 42.4. The second-order valence-corrected chi connectivity index (χ2v) is 20.7. The Morgan fingerprint density at radius 3 is 2.00 bits per heavy atom. The molecule has 1 fully saturated rings. The van der Waals surface area contributed by atoms with E-state index in [2.05, 4.69) is 45.0 Å². The van der Waals surface area contributed by atoms with Crippen molar-refractivity contribution >= 4 is 30.8 Å². The standard InChI is InChI=1S/C45H56FNO8Si/c1-31-25-38(52-30-34-26-35(51-29-33-19-13-10-14-20-33)27-47(34)43(49)55-44(3,4)5)39(42(48)50-9)41(40(31)46)54-32(2)28-53-56(45(6,7)8,36-21-15-11-16-22-36)37-23-17-12-18-24-37/h10-25,32,34-35H,26-30H2,1-9H3/t32-,34-,35+/m1/s1. The molecule has 0 bridgehead atoms. The number of ether oxygens (including phenoxy) is 5. The van der Waals surface area contributed by atoms with Crippen LogP contribution in [0.2, 0.25) is 5.04 Å². The average molecular weight is 786 g/mol. The number of aryl methyl sites for hydroxylation is 1. The third-order valence-electron chi connectivity index (χ3n) is 9.79. The van der Waals surface area contributed by atoms with E-state index in [0.29, 0.717) is 19.6 Å². The van der Waals surface area contributed by atoms with E-state index >= 15 is 4.39 Å². The third kappa shape index (κ3) is 9.98. The maximum absolute atomic E-state index is 16.1. The summed E-state index contributed by atoms with van der Waals surface area (Å²) in [6, 6.07) is 31.2. The number of hydrogen-bond acceptors (Lipinski definition) is 8. The number of hydrogen-bond donors (Lipinski definition) is 0. The molecule has 9 nitrogen and oxygen atoms in total. The van der Waals surface area contributed by atoms with Crippen LogP contribution in [0.15, 0.2) is 97.1 Å². The molecular formula is C45H56FNO8Si. The molecule has 1 heterocycles. The Bertz CT molecular complexity index is 1870. The monoisotopic (exact) mass is 785 g/mol. The van der Waals surface area contributed by atoms with Crippen molar-refractivity contribution in [1.29, 1.82) is 0 Å². The van der Waals surface area contributed by atoms with Crippen LogP contribution in [-0.2, 0) is 25.2 Å². The van der Waals surface area contributed by atoms with E-state index < -0.39 is 43.9 Å². The van der Waals surface area contributed by atoms with E-state index in [1.165, 1.54) is 13.2 Å². The van der Waals surface area contributed by atoms with Gasteiger partial charge in [0, 0.05) is 0 Å². The second-order valence-electron chi connectivity index (χ2n) is 16.4. The van der Waals surface area contributed by atoms with Gasteiger partial charge in [-0.25, -0.2) is 14.0 Å². The van der Waals surface area contributed by atoms with E-state index in [-0.39, 0.29) is 47.0 Å². The van der Waals surface area contributed by atoms with Crippen LogP contribution >= 0.6 is 0 Å². The summed E-state index contributed by atoms with van der Waals surface area (Å²) < 4.78 is 52.9. The zero-order valence-electron chi connectivity index (χ0n) is 34.1. The average Bonchev–Trinajstić information content (AvgIpc) is 3.58. The molecule has 4 aromatic carbocycles. The summed E-state index contributed by atoms with van der Waals surface area (Å²) in [6.07, 6.45) is -1.02. The minimum absolute atomic E-state index is 0.0224. The topological polar surface area (TPSA) is 92.8 Å². The van der Waals surface area contributed by atoms with Crippen LogP contribution in [0.5, 0.6) is 11.5 Å². The highest BCUT2D eigenvalue weighted by atomic mass is 28.4. The highest BCUT2D eigenvalue weighted by Crippen LogP contribution is 2.39. The highest BCUT2D eigenvalue weighted by Gasteiger charge is 2.50. The predicted octanol–water partition coefficient (Wildman–Crippen LogP) is 8.24. The molecule has 1 amide bonds. The van der Waals surface area contributed by atoms with Crippen molar-refractivity contribution in [3.8, 4) is 11.5 Å². The Kier molecular flexibility index (Phi) is 13.7. The first-order chi connectivity index (χ1) is 26.5. The quantitative estimate of drug-likeness (QED) is 0.0933. The molecule has 0 saturated carbocycles.